The van der Waals surface area contributed by atoms with Crippen LogP contribution in [-0.4, -0.2) is 7.11 Å². The molecular weight excluding hydrogens is 365 g/mol. The summed E-state index contributed by atoms with van der Waals surface area (Å²) < 4.78 is 33.0. The maximum absolute atomic E-state index is 13.7. The number of rotatable bonds is 3. The number of nitrogens with two attached hydrogens (primary N) is 1. The molecule has 2 aromatic rings. The van der Waals surface area contributed by atoms with E-state index in [0.29, 0.717) is 5.75 Å². The van der Waals surface area contributed by atoms with E-state index >= 15 is 0 Å². The van der Waals surface area contributed by atoms with E-state index in [0.717, 1.165) is 3.57 Å². The Morgan fingerprint density at radius 3 is 2.47 bits per heavy atom. The van der Waals surface area contributed by atoms with E-state index in [2.05, 4.69) is 5.32 Å². The molecule has 100 valence electrons. The first-order valence-electron chi connectivity index (χ1n) is 5.36. The molecule has 3 N–H and O–H groups in total. The zero-order chi connectivity index (χ0) is 14.0. The van der Waals surface area contributed by atoms with E-state index in [1.165, 1.54) is 25.3 Å². The summed E-state index contributed by atoms with van der Waals surface area (Å²) in [6, 6.07) is 7.35. The third kappa shape index (κ3) is 3.06. The molecule has 0 amide bonds. The smallest absolute Gasteiger partial charge is 0.151 e. The van der Waals surface area contributed by atoms with Crippen LogP contribution >= 0.6 is 22.6 Å². The Morgan fingerprint density at radius 2 is 1.84 bits per heavy atom. The van der Waals surface area contributed by atoms with Gasteiger partial charge < -0.3 is 15.8 Å². The molecule has 0 saturated carbocycles. The maximum Gasteiger partial charge on any atom is 0.151 e. The van der Waals surface area contributed by atoms with Gasteiger partial charge in [-0.1, -0.05) is 0 Å². The molecule has 0 radical (unpaired) electrons. The Kier molecular flexibility index (Phi) is 4.08. The summed E-state index contributed by atoms with van der Waals surface area (Å²) in [5.41, 5.74) is 6.02. The number of anilines is 3. The SMILES string of the molecule is COc1cc(F)c(N)c(Nc2ccc(I)cc2F)c1. The van der Waals surface area contributed by atoms with Crippen LogP contribution in [0.4, 0.5) is 25.8 Å². The third-order valence-electron chi connectivity index (χ3n) is 2.54. The van der Waals surface area contributed by atoms with E-state index in [9.17, 15) is 8.78 Å². The fourth-order valence-corrected chi connectivity index (χ4v) is 2.00. The van der Waals surface area contributed by atoms with Gasteiger partial charge in [-0.05, 0) is 40.8 Å². The summed E-state index contributed by atoms with van der Waals surface area (Å²) in [6.07, 6.45) is 0. The van der Waals surface area contributed by atoms with Crippen LogP contribution in [-0.2, 0) is 0 Å². The highest BCUT2D eigenvalue weighted by Crippen LogP contribution is 2.31. The van der Waals surface area contributed by atoms with E-state index in [4.69, 9.17) is 10.5 Å². The highest BCUT2D eigenvalue weighted by atomic mass is 127. The van der Waals surface area contributed by atoms with Crippen molar-refractivity contribution >= 4 is 39.7 Å². The lowest BCUT2D eigenvalue weighted by atomic mass is 10.2. The number of nitrogens with one attached hydrogen (secondary N) is 1. The van der Waals surface area contributed by atoms with Crippen molar-refractivity contribution in [2.75, 3.05) is 18.2 Å². The molecule has 6 heteroatoms. The minimum atomic E-state index is -0.618. The second-order valence-corrected chi connectivity index (χ2v) is 5.07. The van der Waals surface area contributed by atoms with Gasteiger partial charge in [0.1, 0.15) is 11.6 Å². The van der Waals surface area contributed by atoms with Gasteiger partial charge >= 0.3 is 0 Å². The van der Waals surface area contributed by atoms with Crippen molar-refractivity contribution in [3.63, 3.8) is 0 Å². The van der Waals surface area contributed by atoms with Crippen LogP contribution in [0, 0.1) is 15.2 Å². The van der Waals surface area contributed by atoms with Crippen LogP contribution in [0.2, 0.25) is 0 Å². The number of methoxy groups -OCH3 is 1. The van der Waals surface area contributed by atoms with Crippen molar-refractivity contribution in [1.82, 2.24) is 0 Å². The number of benzene rings is 2. The molecule has 0 aromatic heterocycles. The standard InChI is InChI=1S/C13H11F2IN2O/c1-19-8-5-10(15)13(17)12(6-8)18-11-3-2-7(16)4-9(11)14/h2-6,18H,17H2,1H3. The van der Waals surface area contributed by atoms with Gasteiger partial charge in [-0.2, -0.15) is 0 Å². The first kappa shape index (κ1) is 13.9. The van der Waals surface area contributed by atoms with Gasteiger partial charge in [0, 0.05) is 15.7 Å². The molecule has 2 rings (SSSR count). The fourth-order valence-electron chi connectivity index (χ4n) is 1.55. The third-order valence-corrected chi connectivity index (χ3v) is 3.21. The van der Waals surface area contributed by atoms with Gasteiger partial charge in [-0.3, -0.25) is 0 Å². The summed E-state index contributed by atoms with van der Waals surface area (Å²) >= 11 is 2.00. The van der Waals surface area contributed by atoms with Crippen LogP contribution < -0.4 is 15.8 Å². The van der Waals surface area contributed by atoms with Gasteiger partial charge in [-0.15, -0.1) is 0 Å². The second-order valence-electron chi connectivity index (χ2n) is 3.82. The van der Waals surface area contributed by atoms with E-state index < -0.39 is 11.6 Å². The normalized spacial score (nSPS) is 10.3. The molecule has 0 aliphatic rings. The van der Waals surface area contributed by atoms with E-state index in [1.807, 2.05) is 22.6 Å². The van der Waals surface area contributed by atoms with Crippen LogP contribution in [0.5, 0.6) is 5.75 Å². The van der Waals surface area contributed by atoms with Gasteiger partial charge in [0.15, 0.2) is 5.82 Å². The Hall–Kier alpha value is -1.57. The van der Waals surface area contributed by atoms with Gasteiger partial charge in [0.05, 0.1) is 24.2 Å². The zero-order valence-corrected chi connectivity index (χ0v) is 12.2. The van der Waals surface area contributed by atoms with Crippen LogP contribution in [0.15, 0.2) is 30.3 Å². The number of hydrogen-bond acceptors (Lipinski definition) is 3. The number of halogens is 3. The predicted molar refractivity (Wildman–Crippen MR) is 79.8 cm³/mol. The van der Waals surface area contributed by atoms with Crippen LogP contribution in [0.25, 0.3) is 0 Å². The Bertz CT molecular complexity index is 620. The molecule has 0 unspecified atom stereocenters. The lowest BCUT2D eigenvalue weighted by Crippen LogP contribution is -2.01. The molecule has 19 heavy (non-hydrogen) atoms. The van der Waals surface area contributed by atoms with Crippen molar-refractivity contribution in [1.29, 1.82) is 0 Å². The first-order chi connectivity index (χ1) is 9.01. The molecule has 0 atom stereocenters. The molecule has 2 aromatic carbocycles. The molecule has 0 saturated heterocycles. The van der Waals surface area contributed by atoms with Gasteiger partial charge in [0.2, 0.25) is 0 Å². The fraction of sp³-hybridized carbons (Fsp3) is 0.0769. The van der Waals surface area contributed by atoms with Gasteiger partial charge in [0.25, 0.3) is 0 Å². The predicted octanol–water partition coefficient (Wildman–Crippen LogP) is 3.90. The summed E-state index contributed by atoms with van der Waals surface area (Å²) in [7, 11) is 1.42. The topological polar surface area (TPSA) is 47.3 Å². The first-order valence-corrected chi connectivity index (χ1v) is 6.44. The summed E-state index contributed by atoms with van der Waals surface area (Å²) in [5, 5.41) is 2.76. The van der Waals surface area contributed by atoms with Gasteiger partial charge in [-0.25, -0.2) is 8.78 Å². The van der Waals surface area contributed by atoms with E-state index in [1.54, 1.807) is 12.1 Å². The minimum absolute atomic E-state index is 0.0845. The molecule has 0 spiro atoms. The Balaban J connectivity index is 2.40. The molecule has 0 aliphatic heterocycles. The summed E-state index contributed by atoms with van der Waals surface area (Å²) in [5.74, 6) is -0.748. The average molecular weight is 376 g/mol. The zero-order valence-electron chi connectivity index (χ0n) is 10.0. The van der Waals surface area contributed by atoms with Crippen molar-refractivity contribution < 1.29 is 13.5 Å². The van der Waals surface area contributed by atoms with Crippen molar-refractivity contribution in [3.8, 4) is 5.75 Å². The summed E-state index contributed by atoms with van der Waals surface area (Å²) in [4.78, 5) is 0. The number of hydrogen-bond donors (Lipinski definition) is 2. The summed E-state index contributed by atoms with van der Waals surface area (Å²) in [6.45, 7) is 0. The van der Waals surface area contributed by atoms with E-state index in [-0.39, 0.29) is 17.1 Å². The largest absolute Gasteiger partial charge is 0.497 e. The highest BCUT2D eigenvalue weighted by molar-refractivity contribution is 14.1. The number of nitrogen functional groups attached to an aromatic ring is 1. The lowest BCUT2D eigenvalue weighted by molar-refractivity contribution is 0.412. The molecule has 0 fully saturated rings. The van der Waals surface area contributed by atoms with Crippen LogP contribution in [0.3, 0.4) is 0 Å². The average Bonchev–Trinajstić information content (AvgIpc) is 2.37. The molecule has 0 bridgehead atoms. The Labute approximate surface area is 122 Å². The van der Waals surface area contributed by atoms with Crippen molar-refractivity contribution in [2.24, 2.45) is 0 Å². The molecule has 0 aliphatic carbocycles. The molecule has 3 nitrogen and oxygen atoms in total. The van der Waals surface area contributed by atoms with Crippen LogP contribution in [0.1, 0.15) is 0 Å². The minimum Gasteiger partial charge on any atom is -0.497 e. The monoisotopic (exact) mass is 376 g/mol. The lowest BCUT2D eigenvalue weighted by Gasteiger charge is -2.12. The second kappa shape index (κ2) is 5.60. The maximum atomic E-state index is 13.7. The molecular formula is C13H11F2IN2O. The quantitative estimate of drug-likeness (QED) is 0.631. The van der Waals surface area contributed by atoms with Crippen molar-refractivity contribution in [2.45, 2.75) is 0 Å². The highest BCUT2D eigenvalue weighted by Gasteiger charge is 2.11. The Morgan fingerprint density at radius 1 is 1.11 bits per heavy atom. The number of ether oxygens (including phenoxy) is 1. The molecule has 0 heterocycles. The van der Waals surface area contributed by atoms with Crippen molar-refractivity contribution in [3.05, 3.63) is 45.5 Å².